The van der Waals surface area contributed by atoms with E-state index in [1.165, 1.54) is 0 Å². The summed E-state index contributed by atoms with van der Waals surface area (Å²) in [5.74, 6) is 0.850. The van der Waals surface area contributed by atoms with Gasteiger partial charge in [-0.15, -0.1) is 0 Å². The third kappa shape index (κ3) is 4.15. The van der Waals surface area contributed by atoms with E-state index in [1.807, 2.05) is 23.1 Å². The Morgan fingerprint density at radius 2 is 2.38 bits per heavy atom. The van der Waals surface area contributed by atoms with Gasteiger partial charge in [0, 0.05) is 33.4 Å². The number of hydrogen-bond donors (Lipinski definition) is 1. The quantitative estimate of drug-likeness (QED) is 0.828. The number of methoxy groups -OCH3 is 1. The highest BCUT2D eigenvalue weighted by Gasteiger charge is 2.38. The Kier molecular flexibility index (Phi) is 5.14. The van der Waals surface area contributed by atoms with Crippen LogP contribution in [-0.2, 0) is 9.53 Å². The van der Waals surface area contributed by atoms with Crippen molar-refractivity contribution in [3.8, 4) is 0 Å². The molecular weight excluding hydrogens is 270 g/mol. The van der Waals surface area contributed by atoms with E-state index in [2.05, 4.69) is 4.98 Å². The van der Waals surface area contributed by atoms with Gasteiger partial charge in [-0.3, -0.25) is 4.79 Å². The highest BCUT2D eigenvalue weighted by molar-refractivity contribution is 5.76. The van der Waals surface area contributed by atoms with Crippen LogP contribution in [0.25, 0.3) is 0 Å². The first-order valence-electron chi connectivity index (χ1n) is 7.15. The lowest BCUT2D eigenvalue weighted by Crippen LogP contribution is -2.46. The summed E-state index contributed by atoms with van der Waals surface area (Å²) in [6.07, 6.45) is 2.71. The van der Waals surface area contributed by atoms with Crippen LogP contribution in [0.2, 0.25) is 0 Å². The largest absolute Gasteiger partial charge is 0.386 e. The molecule has 2 heterocycles. The van der Waals surface area contributed by atoms with E-state index in [-0.39, 0.29) is 5.91 Å². The van der Waals surface area contributed by atoms with Crippen LogP contribution >= 0.6 is 0 Å². The molecule has 21 heavy (non-hydrogen) atoms. The number of ether oxygens (including phenoxy) is 1. The van der Waals surface area contributed by atoms with E-state index < -0.39 is 5.60 Å². The van der Waals surface area contributed by atoms with Crippen LogP contribution in [-0.4, -0.2) is 66.9 Å². The number of aromatic nitrogens is 1. The summed E-state index contributed by atoms with van der Waals surface area (Å²) in [6.45, 7) is 1.97. The Balaban J connectivity index is 1.90. The number of anilines is 1. The highest BCUT2D eigenvalue weighted by atomic mass is 16.5. The molecule has 1 aromatic rings. The van der Waals surface area contributed by atoms with E-state index in [9.17, 15) is 9.90 Å². The fraction of sp³-hybridized carbons (Fsp3) is 0.600. The molecule has 0 unspecified atom stereocenters. The van der Waals surface area contributed by atoms with Crippen LogP contribution in [0, 0.1) is 0 Å². The van der Waals surface area contributed by atoms with Crippen molar-refractivity contribution in [2.45, 2.75) is 18.4 Å². The first-order valence-corrected chi connectivity index (χ1v) is 7.15. The Hall–Kier alpha value is -1.66. The molecule has 0 spiro atoms. The first-order chi connectivity index (χ1) is 10.0. The van der Waals surface area contributed by atoms with Gasteiger partial charge < -0.3 is 19.6 Å². The summed E-state index contributed by atoms with van der Waals surface area (Å²) in [4.78, 5) is 19.8. The number of amides is 1. The topological polar surface area (TPSA) is 65.9 Å². The molecule has 0 aromatic carbocycles. The molecule has 1 saturated heterocycles. The van der Waals surface area contributed by atoms with Crippen molar-refractivity contribution in [1.82, 2.24) is 9.88 Å². The molecule has 1 atom stereocenters. The number of pyridine rings is 1. The van der Waals surface area contributed by atoms with Gasteiger partial charge in [-0.1, -0.05) is 6.07 Å². The molecule has 1 N–H and O–H groups in total. The molecule has 1 aliphatic rings. The second-order valence-corrected chi connectivity index (χ2v) is 5.58. The Morgan fingerprint density at radius 3 is 3.05 bits per heavy atom. The first kappa shape index (κ1) is 15.7. The van der Waals surface area contributed by atoms with E-state index in [4.69, 9.17) is 4.74 Å². The number of β-amino-alcohol motifs (C(OH)–C–C–N with tert-alkyl or cyclic N) is 1. The fourth-order valence-corrected chi connectivity index (χ4v) is 2.63. The molecule has 2 rings (SSSR count). The Bertz CT molecular complexity index is 468. The average Bonchev–Trinajstić information content (AvgIpc) is 2.87. The van der Waals surface area contributed by atoms with Crippen molar-refractivity contribution in [3.63, 3.8) is 0 Å². The number of aliphatic hydroxyl groups is 1. The summed E-state index contributed by atoms with van der Waals surface area (Å²) in [5.41, 5.74) is -0.880. The SMILES string of the molecule is COCCC(=O)N(C)C[C@]1(O)CCN(c2ccccn2)C1. The predicted octanol–water partition coefficient (Wildman–Crippen LogP) is 0.518. The van der Waals surface area contributed by atoms with E-state index in [0.29, 0.717) is 32.5 Å². The minimum atomic E-state index is -0.880. The number of rotatable bonds is 6. The molecule has 1 aromatic heterocycles. The molecular formula is C15H23N3O3. The van der Waals surface area contributed by atoms with Gasteiger partial charge in [-0.05, 0) is 18.6 Å². The molecule has 1 amide bonds. The van der Waals surface area contributed by atoms with Crippen molar-refractivity contribution in [2.75, 3.05) is 45.3 Å². The molecule has 0 bridgehead atoms. The van der Waals surface area contributed by atoms with Gasteiger partial charge in [-0.2, -0.15) is 0 Å². The Labute approximate surface area is 125 Å². The van der Waals surface area contributed by atoms with Crippen LogP contribution in [0.3, 0.4) is 0 Å². The summed E-state index contributed by atoms with van der Waals surface area (Å²) >= 11 is 0. The van der Waals surface area contributed by atoms with Crippen LogP contribution in [0.4, 0.5) is 5.82 Å². The zero-order chi connectivity index (χ0) is 15.3. The molecule has 6 heteroatoms. The van der Waals surface area contributed by atoms with Gasteiger partial charge in [0.2, 0.25) is 5.91 Å². The normalized spacial score (nSPS) is 21.6. The predicted molar refractivity (Wildman–Crippen MR) is 80.1 cm³/mol. The maximum Gasteiger partial charge on any atom is 0.224 e. The summed E-state index contributed by atoms with van der Waals surface area (Å²) in [6, 6.07) is 5.73. The molecule has 0 saturated carbocycles. The third-order valence-corrected chi connectivity index (χ3v) is 3.78. The van der Waals surface area contributed by atoms with Crippen molar-refractivity contribution < 1.29 is 14.6 Å². The minimum absolute atomic E-state index is 0.0124. The van der Waals surface area contributed by atoms with Gasteiger partial charge >= 0.3 is 0 Å². The summed E-state index contributed by atoms with van der Waals surface area (Å²) in [5, 5.41) is 10.7. The second kappa shape index (κ2) is 6.87. The lowest BCUT2D eigenvalue weighted by molar-refractivity contribution is -0.133. The number of likely N-dealkylation sites (N-methyl/N-ethyl adjacent to an activating group) is 1. The average molecular weight is 293 g/mol. The molecule has 0 aliphatic carbocycles. The lowest BCUT2D eigenvalue weighted by Gasteiger charge is -2.29. The molecule has 1 aliphatic heterocycles. The number of hydrogen-bond acceptors (Lipinski definition) is 5. The number of carbonyl (C=O) groups excluding carboxylic acids is 1. The van der Waals surface area contributed by atoms with Crippen LogP contribution in [0.5, 0.6) is 0 Å². The summed E-state index contributed by atoms with van der Waals surface area (Å²) < 4.78 is 4.91. The van der Waals surface area contributed by atoms with Gasteiger partial charge in [0.15, 0.2) is 0 Å². The minimum Gasteiger partial charge on any atom is -0.386 e. The number of nitrogens with zero attached hydrogens (tertiary/aromatic N) is 3. The van der Waals surface area contributed by atoms with E-state index in [0.717, 1.165) is 12.4 Å². The number of carbonyl (C=O) groups is 1. The van der Waals surface area contributed by atoms with Gasteiger partial charge in [0.1, 0.15) is 11.4 Å². The molecule has 1 fully saturated rings. The second-order valence-electron chi connectivity index (χ2n) is 5.58. The zero-order valence-electron chi connectivity index (χ0n) is 12.7. The van der Waals surface area contributed by atoms with Crippen molar-refractivity contribution in [1.29, 1.82) is 0 Å². The van der Waals surface area contributed by atoms with E-state index >= 15 is 0 Å². The summed E-state index contributed by atoms with van der Waals surface area (Å²) in [7, 11) is 3.29. The molecule has 6 nitrogen and oxygen atoms in total. The standard InChI is InChI=1S/C15H23N3O3/c1-17(14(19)6-10-21-2)11-15(20)7-9-18(12-15)13-5-3-4-8-16-13/h3-5,8,20H,6-7,9-12H2,1-2H3/t15-/m1/s1. The van der Waals surface area contributed by atoms with Crippen LogP contribution in [0.1, 0.15) is 12.8 Å². The lowest BCUT2D eigenvalue weighted by atomic mass is 10.0. The smallest absolute Gasteiger partial charge is 0.224 e. The highest BCUT2D eigenvalue weighted by Crippen LogP contribution is 2.26. The van der Waals surface area contributed by atoms with Crippen LogP contribution in [0.15, 0.2) is 24.4 Å². The maximum atomic E-state index is 11.9. The van der Waals surface area contributed by atoms with Gasteiger partial charge in [0.25, 0.3) is 0 Å². The van der Waals surface area contributed by atoms with Gasteiger partial charge in [0.05, 0.1) is 19.6 Å². The molecule has 0 radical (unpaired) electrons. The van der Waals surface area contributed by atoms with E-state index in [1.54, 1.807) is 25.3 Å². The van der Waals surface area contributed by atoms with Crippen molar-refractivity contribution >= 4 is 11.7 Å². The van der Waals surface area contributed by atoms with Crippen LogP contribution < -0.4 is 4.90 Å². The van der Waals surface area contributed by atoms with Gasteiger partial charge in [-0.25, -0.2) is 4.98 Å². The van der Waals surface area contributed by atoms with Crippen molar-refractivity contribution in [3.05, 3.63) is 24.4 Å². The zero-order valence-corrected chi connectivity index (χ0v) is 12.7. The van der Waals surface area contributed by atoms with Crippen molar-refractivity contribution in [2.24, 2.45) is 0 Å². The third-order valence-electron chi connectivity index (χ3n) is 3.78. The monoisotopic (exact) mass is 293 g/mol. The fourth-order valence-electron chi connectivity index (χ4n) is 2.63. The molecule has 116 valence electrons. The Morgan fingerprint density at radius 1 is 1.57 bits per heavy atom. The maximum absolute atomic E-state index is 11.9.